The number of aromatic nitrogens is 2. The molecular weight excluding hydrogens is 352 g/mol. The first kappa shape index (κ1) is 17.6. The van der Waals surface area contributed by atoms with Crippen molar-refractivity contribution in [2.24, 2.45) is 5.92 Å². The average molecular weight is 378 g/mol. The highest BCUT2D eigenvalue weighted by atomic mass is 16.3. The molecule has 1 aliphatic heterocycles. The molecule has 6 heteroatoms. The fourth-order valence-electron chi connectivity index (χ4n) is 4.29. The summed E-state index contributed by atoms with van der Waals surface area (Å²) in [5, 5.41) is 0.563. The first-order valence-corrected chi connectivity index (χ1v) is 10.1. The number of benzene rings is 1. The van der Waals surface area contributed by atoms with Crippen LogP contribution >= 0.6 is 0 Å². The van der Waals surface area contributed by atoms with Gasteiger partial charge in [-0.1, -0.05) is 30.3 Å². The second-order valence-corrected chi connectivity index (χ2v) is 8.11. The lowest BCUT2D eigenvalue weighted by Gasteiger charge is -2.38. The summed E-state index contributed by atoms with van der Waals surface area (Å²) in [5.41, 5.74) is 1.57. The van der Waals surface area contributed by atoms with Gasteiger partial charge in [0.15, 0.2) is 0 Å². The van der Waals surface area contributed by atoms with E-state index >= 15 is 0 Å². The van der Waals surface area contributed by atoms with Gasteiger partial charge in [-0.05, 0) is 37.4 Å². The molecule has 6 nitrogen and oxygen atoms in total. The van der Waals surface area contributed by atoms with Crippen LogP contribution in [-0.4, -0.2) is 52.6 Å². The number of nitrogens with zero attached hydrogens (tertiary/aromatic N) is 4. The molecule has 1 saturated heterocycles. The van der Waals surface area contributed by atoms with Crippen molar-refractivity contribution < 1.29 is 4.42 Å². The lowest BCUT2D eigenvalue weighted by Crippen LogP contribution is -2.47. The second-order valence-electron chi connectivity index (χ2n) is 8.11. The van der Waals surface area contributed by atoms with Gasteiger partial charge in [-0.25, -0.2) is 0 Å². The number of fused-ring (bicyclic) bond motifs is 1. The number of furan rings is 1. The average Bonchev–Trinajstić information content (AvgIpc) is 3.43. The van der Waals surface area contributed by atoms with Crippen molar-refractivity contribution in [2.45, 2.75) is 25.4 Å². The van der Waals surface area contributed by atoms with Crippen LogP contribution in [0.2, 0.25) is 0 Å². The summed E-state index contributed by atoms with van der Waals surface area (Å²) >= 11 is 0. The highest BCUT2D eigenvalue weighted by Gasteiger charge is 2.40. The molecule has 0 spiro atoms. The Kier molecular flexibility index (Phi) is 4.53. The van der Waals surface area contributed by atoms with Gasteiger partial charge in [-0.15, -0.1) is 0 Å². The molecule has 2 aliphatic rings. The standard InChI is InChI=1S/C22H26N4O2/c1-24-10-12-25(13-11-24)19(17-7-8-17)20-23-21-18(9-14-28-21)22(27)26(20)15-16-5-3-2-4-6-16/h2-6,9,14,17,19H,7-8,10-13,15H2,1H3. The zero-order chi connectivity index (χ0) is 19.1. The number of hydrogen-bond donors (Lipinski definition) is 0. The fourth-order valence-corrected chi connectivity index (χ4v) is 4.29. The van der Waals surface area contributed by atoms with E-state index in [0.717, 1.165) is 37.6 Å². The van der Waals surface area contributed by atoms with Crippen molar-refractivity contribution in [3.63, 3.8) is 0 Å². The Balaban J connectivity index is 1.62. The van der Waals surface area contributed by atoms with Crippen molar-refractivity contribution in [2.75, 3.05) is 33.2 Å². The molecule has 146 valence electrons. The van der Waals surface area contributed by atoms with E-state index in [4.69, 9.17) is 9.40 Å². The quantitative estimate of drug-likeness (QED) is 0.683. The molecule has 1 aromatic carbocycles. The molecule has 0 radical (unpaired) electrons. The maximum atomic E-state index is 13.3. The summed E-state index contributed by atoms with van der Waals surface area (Å²) in [6, 6.07) is 12.1. The molecule has 0 N–H and O–H groups in total. The first-order chi connectivity index (χ1) is 13.7. The minimum absolute atomic E-state index is 0.00243. The zero-order valence-corrected chi connectivity index (χ0v) is 16.3. The third-order valence-electron chi connectivity index (χ3n) is 6.06. The van der Waals surface area contributed by atoms with Gasteiger partial charge >= 0.3 is 0 Å². The molecule has 3 aromatic rings. The minimum Gasteiger partial charge on any atom is -0.446 e. The third kappa shape index (κ3) is 3.27. The maximum absolute atomic E-state index is 13.3. The maximum Gasteiger partial charge on any atom is 0.265 e. The Morgan fingerprint density at radius 3 is 2.57 bits per heavy atom. The normalized spacial score (nSPS) is 19.9. The molecule has 1 aliphatic carbocycles. The highest BCUT2D eigenvalue weighted by Crippen LogP contribution is 2.44. The summed E-state index contributed by atoms with van der Waals surface area (Å²) in [5.74, 6) is 1.44. The summed E-state index contributed by atoms with van der Waals surface area (Å²) in [6.07, 6.45) is 3.97. The van der Waals surface area contributed by atoms with Gasteiger partial charge in [0.2, 0.25) is 5.71 Å². The molecule has 3 heterocycles. The van der Waals surface area contributed by atoms with E-state index in [0.29, 0.717) is 23.6 Å². The predicted molar refractivity (Wildman–Crippen MR) is 108 cm³/mol. The molecule has 1 atom stereocenters. The Hall–Kier alpha value is -2.44. The lowest BCUT2D eigenvalue weighted by atomic mass is 10.1. The smallest absolute Gasteiger partial charge is 0.265 e. The van der Waals surface area contributed by atoms with E-state index < -0.39 is 0 Å². The van der Waals surface area contributed by atoms with E-state index in [9.17, 15) is 4.79 Å². The Bertz CT molecular complexity index is 1010. The highest BCUT2D eigenvalue weighted by molar-refractivity contribution is 5.71. The van der Waals surface area contributed by atoms with E-state index in [1.807, 2.05) is 22.8 Å². The molecule has 0 bridgehead atoms. The molecule has 1 saturated carbocycles. The SMILES string of the molecule is CN1CCN(C(c2nc3occc3c(=O)n2Cc2ccccc2)C2CC2)CC1. The van der Waals surface area contributed by atoms with Crippen LogP contribution in [0.3, 0.4) is 0 Å². The van der Waals surface area contributed by atoms with Crippen LogP contribution in [-0.2, 0) is 6.54 Å². The van der Waals surface area contributed by atoms with Crippen LogP contribution in [0.4, 0.5) is 0 Å². The van der Waals surface area contributed by atoms with Gasteiger partial charge < -0.3 is 9.32 Å². The van der Waals surface area contributed by atoms with Crippen molar-refractivity contribution >= 4 is 11.1 Å². The number of hydrogen-bond acceptors (Lipinski definition) is 5. The summed E-state index contributed by atoms with van der Waals surface area (Å²) < 4.78 is 7.43. The van der Waals surface area contributed by atoms with Crippen molar-refractivity contribution in [3.8, 4) is 0 Å². The molecular formula is C22H26N4O2. The Morgan fingerprint density at radius 1 is 1.11 bits per heavy atom. The molecule has 2 aromatic heterocycles. The fraction of sp³-hybridized carbons (Fsp3) is 0.455. The first-order valence-electron chi connectivity index (χ1n) is 10.1. The number of rotatable bonds is 5. The molecule has 1 unspecified atom stereocenters. The van der Waals surface area contributed by atoms with Crippen LogP contribution in [0.1, 0.15) is 30.3 Å². The van der Waals surface area contributed by atoms with Gasteiger partial charge in [0.1, 0.15) is 11.2 Å². The molecule has 5 rings (SSSR count). The van der Waals surface area contributed by atoms with Crippen LogP contribution in [0, 0.1) is 5.92 Å². The topological polar surface area (TPSA) is 54.5 Å². The minimum atomic E-state index is -0.00243. The van der Waals surface area contributed by atoms with E-state index in [1.54, 1.807) is 12.3 Å². The van der Waals surface area contributed by atoms with Gasteiger partial charge in [0.25, 0.3) is 5.56 Å². The van der Waals surface area contributed by atoms with Crippen LogP contribution in [0.25, 0.3) is 11.1 Å². The zero-order valence-electron chi connectivity index (χ0n) is 16.3. The van der Waals surface area contributed by atoms with Crippen molar-refractivity contribution in [1.29, 1.82) is 0 Å². The summed E-state index contributed by atoms with van der Waals surface area (Å²) in [6.45, 7) is 4.66. The Morgan fingerprint density at radius 2 is 1.86 bits per heavy atom. The largest absolute Gasteiger partial charge is 0.446 e. The van der Waals surface area contributed by atoms with Gasteiger partial charge in [-0.2, -0.15) is 4.98 Å². The number of piperazine rings is 1. The Labute approximate surface area is 164 Å². The van der Waals surface area contributed by atoms with Gasteiger partial charge in [-0.3, -0.25) is 14.3 Å². The van der Waals surface area contributed by atoms with Crippen molar-refractivity contribution in [1.82, 2.24) is 19.4 Å². The monoisotopic (exact) mass is 378 g/mol. The van der Waals surface area contributed by atoms with Crippen LogP contribution in [0.15, 0.2) is 51.9 Å². The van der Waals surface area contributed by atoms with Gasteiger partial charge in [0, 0.05) is 26.2 Å². The third-order valence-corrected chi connectivity index (χ3v) is 6.06. The van der Waals surface area contributed by atoms with Gasteiger partial charge in [0.05, 0.1) is 18.8 Å². The van der Waals surface area contributed by atoms with Crippen LogP contribution in [0.5, 0.6) is 0 Å². The number of likely N-dealkylation sites (N-methyl/N-ethyl adjacent to an activating group) is 1. The van der Waals surface area contributed by atoms with E-state index in [1.165, 1.54) is 12.8 Å². The van der Waals surface area contributed by atoms with Crippen molar-refractivity contribution in [3.05, 3.63) is 64.4 Å². The molecule has 28 heavy (non-hydrogen) atoms. The van der Waals surface area contributed by atoms with E-state index in [-0.39, 0.29) is 11.6 Å². The molecule has 2 fully saturated rings. The predicted octanol–water partition coefficient (Wildman–Crippen LogP) is 2.74. The lowest BCUT2D eigenvalue weighted by molar-refractivity contribution is 0.0935. The summed E-state index contributed by atoms with van der Waals surface area (Å²) in [7, 11) is 2.17. The second kappa shape index (κ2) is 7.18. The van der Waals surface area contributed by atoms with Crippen LogP contribution < -0.4 is 5.56 Å². The summed E-state index contributed by atoms with van der Waals surface area (Å²) in [4.78, 5) is 23.1. The van der Waals surface area contributed by atoms with E-state index in [2.05, 4.69) is 29.0 Å². The molecule has 0 amide bonds.